The molecular formula is C11H18N4O3. The number of nitrogen functional groups attached to an aromatic ring is 1. The van der Waals surface area contributed by atoms with Gasteiger partial charge in [-0.1, -0.05) is 6.92 Å². The van der Waals surface area contributed by atoms with E-state index >= 15 is 0 Å². The van der Waals surface area contributed by atoms with Crippen molar-refractivity contribution in [3.05, 3.63) is 11.4 Å². The molecule has 1 amide bonds. The van der Waals surface area contributed by atoms with Crippen LogP contribution in [0.15, 0.2) is 0 Å². The number of anilines is 1. The van der Waals surface area contributed by atoms with E-state index in [2.05, 4.69) is 15.5 Å². The van der Waals surface area contributed by atoms with Gasteiger partial charge in [0.25, 0.3) is 5.91 Å². The molecule has 1 heterocycles. The fourth-order valence-corrected chi connectivity index (χ4v) is 1.42. The highest BCUT2D eigenvalue weighted by Crippen LogP contribution is 2.14. The number of aromatic nitrogens is 2. The van der Waals surface area contributed by atoms with Crippen molar-refractivity contribution in [3.63, 3.8) is 0 Å². The largest absolute Gasteiger partial charge is 0.464 e. The Balaban J connectivity index is 2.70. The van der Waals surface area contributed by atoms with E-state index in [0.717, 1.165) is 0 Å². The van der Waals surface area contributed by atoms with Crippen molar-refractivity contribution in [1.29, 1.82) is 0 Å². The van der Waals surface area contributed by atoms with Gasteiger partial charge < -0.3 is 15.8 Å². The second-order valence-corrected chi connectivity index (χ2v) is 3.77. The summed E-state index contributed by atoms with van der Waals surface area (Å²) in [6.07, 6.45) is 0.652. The number of H-pyrrole nitrogens is 1. The highest BCUT2D eigenvalue weighted by atomic mass is 16.5. The number of nitrogens with two attached hydrogens (primary N) is 1. The molecule has 1 rings (SSSR count). The molecule has 1 atom stereocenters. The quantitative estimate of drug-likeness (QED) is 0.652. The first-order chi connectivity index (χ1) is 8.51. The Hall–Kier alpha value is -2.05. The summed E-state index contributed by atoms with van der Waals surface area (Å²) < 4.78 is 4.78. The molecule has 4 N–H and O–H groups in total. The maximum Gasteiger partial charge on any atom is 0.328 e. The third-order valence-electron chi connectivity index (χ3n) is 2.44. The SMILES string of the molecule is CCOC(=O)C(C)NC(=O)c1n[nH]c(CC)c1N. The normalized spacial score (nSPS) is 11.9. The molecule has 0 bridgehead atoms. The highest BCUT2D eigenvalue weighted by molar-refractivity contribution is 5.99. The van der Waals surface area contributed by atoms with Gasteiger partial charge in [-0.2, -0.15) is 5.10 Å². The van der Waals surface area contributed by atoms with Gasteiger partial charge in [-0.3, -0.25) is 9.89 Å². The molecule has 7 nitrogen and oxygen atoms in total. The zero-order chi connectivity index (χ0) is 13.7. The van der Waals surface area contributed by atoms with Crippen LogP contribution in [0.25, 0.3) is 0 Å². The van der Waals surface area contributed by atoms with Gasteiger partial charge in [-0.05, 0) is 20.3 Å². The van der Waals surface area contributed by atoms with Gasteiger partial charge in [0.15, 0.2) is 5.69 Å². The summed E-state index contributed by atoms with van der Waals surface area (Å²) in [6.45, 7) is 5.40. The third kappa shape index (κ3) is 2.99. The van der Waals surface area contributed by atoms with Crippen molar-refractivity contribution in [3.8, 4) is 0 Å². The molecule has 0 aliphatic rings. The Morgan fingerprint density at radius 1 is 1.50 bits per heavy atom. The zero-order valence-corrected chi connectivity index (χ0v) is 10.7. The summed E-state index contributed by atoms with van der Waals surface area (Å²) in [7, 11) is 0. The number of nitrogens with one attached hydrogen (secondary N) is 2. The smallest absolute Gasteiger partial charge is 0.328 e. The van der Waals surface area contributed by atoms with Crippen LogP contribution >= 0.6 is 0 Å². The number of ether oxygens (including phenoxy) is 1. The Kier molecular flexibility index (Phi) is 4.70. The molecule has 0 spiro atoms. The Morgan fingerprint density at radius 2 is 2.17 bits per heavy atom. The predicted octanol–water partition coefficient (Wildman–Crippen LogP) is 0.236. The summed E-state index contributed by atoms with van der Waals surface area (Å²) in [5.74, 6) is -0.986. The molecule has 0 aliphatic carbocycles. The van der Waals surface area contributed by atoms with Gasteiger partial charge in [-0.25, -0.2) is 4.79 Å². The van der Waals surface area contributed by atoms with E-state index in [0.29, 0.717) is 17.8 Å². The molecule has 0 saturated heterocycles. The van der Waals surface area contributed by atoms with E-state index in [1.54, 1.807) is 13.8 Å². The number of aryl methyl sites for hydroxylation is 1. The van der Waals surface area contributed by atoms with E-state index in [1.807, 2.05) is 6.92 Å². The van der Waals surface area contributed by atoms with Crippen LogP contribution in [-0.4, -0.2) is 34.7 Å². The molecule has 18 heavy (non-hydrogen) atoms. The second-order valence-electron chi connectivity index (χ2n) is 3.77. The number of hydrogen-bond donors (Lipinski definition) is 3. The number of amides is 1. The molecule has 100 valence electrons. The fourth-order valence-electron chi connectivity index (χ4n) is 1.42. The van der Waals surface area contributed by atoms with Gasteiger partial charge in [0, 0.05) is 0 Å². The third-order valence-corrected chi connectivity index (χ3v) is 2.44. The number of esters is 1. The molecule has 0 fully saturated rings. The number of nitrogens with zero attached hydrogens (tertiary/aromatic N) is 1. The monoisotopic (exact) mass is 254 g/mol. The Labute approximate surface area is 105 Å². The van der Waals surface area contributed by atoms with E-state index in [1.165, 1.54) is 0 Å². The van der Waals surface area contributed by atoms with Crippen LogP contribution < -0.4 is 11.1 Å². The first-order valence-corrected chi connectivity index (χ1v) is 5.81. The summed E-state index contributed by atoms with van der Waals surface area (Å²) >= 11 is 0. The van der Waals surface area contributed by atoms with Gasteiger partial charge >= 0.3 is 5.97 Å². The molecule has 0 radical (unpaired) electrons. The lowest BCUT2D eigenvalue weighted by atomic mass is 10.2. The van der Waals surface area contributed by atoms with Gasteiger partial charge in [-0.15, -0.1) is 0 Å². The standard InChI is InChI=1S/C11H18N4O3/c1-4-7-8(12)9(15-14-7)10(16)13-6(3)11(17)18-5-2/h6H,4-5,12H2,1-3H3,(H,13,16)(H,14,15). The van der Waals surface area contributed by atoms with Crippen molar-refractivity contribution in [1.82, 2.24) is 15.5 Å². The van der Waals surface area contributed by atoms with Crippen LogP contribution in [-0.2, 0) is 16.0 Å². The molecule has 0 aliphatic heterocycles. The predicted molar refractivity (Wildman–Crippen MR) is 65.9 cm³/mol. The Bertz CT molecular complexity index is 441. The minimum absolute atomic E-state index is 0.1000. The van der Waals surface area contributed by atoms with Crippen LogP contribution in [0.3, 0.4) is 0 Å². The van der Waals surface area contributed by atoms with Crippen LogP contribution in [0, 0.1) is 0 Å². The molecule has 1 aromatic heterocycles. The van der Waals surface area contributed by atoms with Crippen LogP contribution in [0.4, 0.5) is 5.69 Å². The molecule has 0 saturated carbocycles. The van der Waals surface area contributed by atoms with Crippen molar-refractivity contribution in [2.45, 2.75) is 33.2 Å². The fraction of sp³-hybridized carbons (Fsp3) is 0.545. The van der Waals surface area contributed by atoms with Crippen LogP contribution in [0.2, 0.25) is 0 Å². The number of aromatic amines is 1. The van der Waals surface area contributed by atoms with Crippen LogP contribution in [0.5, 0.6) is 0 Å². The van der Waals surface area contributed by atoms with Gasteiger partial charge in [0.1, 0.15) is 6.04 Å². The average molecular weight is 254 g/mol. The average Bonchev–Trinajstić information content (AvgIpc) is 2.70. The molecule has 0 aromatic carbocycles. The minimum atomic E-state index is -0.737. The van der Waals surface area contributed by atoms with E-state index in [9.17, 15) is 9.59 Å². The summed E-state index contributed by atoms with van der Waals surface area (Å²) in [6, 6.07) is -0.737. The lowest BCUT2D eigenvalue weighted by Gasteiger charge is -2.11. The van der Waals surface area contributed by atoms with E-state index in [4.69, 9.17) is 10.5 Å². The number of carbonyl (C=O) groups excluding carboxylic acids is 2. The number of carbonyl (C=O) groups is 2. The molecular weight excluding hydrogens is 236 g/mol. The summed E-state index contributed by atoms with van der Waals surface area (Å²) in [5.41, 5.74) is 6.86. The van der Waals surface area contributed by atoms with Crippen molar-refractivity contribution >= 4 is 17.6 Å². The lowest BCUT2D eigenvalue weighted by molar-refractivity contribution is -0.144. The van der Waals surface area contributed by atoms with Crippen molar-refractivity contribution < 1.29 is 14.3 Å². The maximum atomic E-state index is 11.8. The maximum absolute atomic E-state index is 11.8. The summed E-state index contributed by atoms with van der Waals surface area (Å²) in [4.78, 5) is 23.2. The van der Waals surface area contributed by atoms with Crippen LogP contribution in [0.1, 0.15) is 37.0 Å². The lowest BCUT2D eigenvalue weighted by Crippen LogP contribution is -2.40. The van der Waals surface area contributed by atoms with E-state index in [-0.39, 0.29) is 12.3 Å². The molecule has 7 heteroatoms. The zero-order valence-electron chi connectivity index (χ0n) is 10.7. The Morgan fingerprint density at radius 3 is 2.67 bits per heavy atom. The van der Waals surface area contributed by atoms with Crippen molar-refractivity contribution in [2.75, 3.05) is 12.3 Å². The first kappa shape index (κ1) is 14.0. The van der Waals surface area contributed by atoms with Crippen molar-refractivity contribution in [2.24, 2.45) is 0 Å². The molecule has 1 aromatic rings. The van der Waals surface area contributed by atoms with Gasteiger partial charge in [0.2, 0.25) is 0 Å². The highest BCUT2D eigenvalue weighted by Gasteiger charge is 2.21. The summed E-state index contributed by atoms with van der Waals surface area (Å²) in [5, 5.41) is 8.99. The second kappa shape index (κ2) is 6.04. The number of rotatable bonds is 5. The van der Waals surface area contributed by atoms with E-state index < -0.39 is 17.9 Å². The topological polar surface area (TPSA) is 110 Å². The van der Waals surface area contributed by atoms with Gasteiger partial charge in [0.05, 0.1) is 18.0 Å². The molecule has 1 unspecified atom stereocenters. The number of hydrogen-bond acceptors (Lipinski definition) is 5. The minimum Gasteiger partial charge on any atom is -0.464 e. The first-order valence-electron chi connectivity index (χ1n) is 5.81.